The first kappa shape index (κ1) is 14.6. The molecule has 2 N–H and O–H groups in total. The molecule has 4 heteroatoms. The summed E-state index contributed by atoms with van der Waals surface area (Å²) in [5, 5.41) is 1.11. The number of rotatable bonds is 4. The molecule has 0 fully saturated rings. The predicted molar refractivity (Wildman–Crippen MR) is 75.9 cm³/mol. The lowest BCUT2D eigenvalue weighted by molar-refractivity contribution is -0.120. The molecule has 1 heterocycles. The van der Waals surface area contributed by atoms with Crippen LogP contribution < -0.4 is 5.73 Å². The zero-order valence-electron chi connectivity index (χ0n) is 10.3. The monoisotopic (exact) mass is 264 g/mol. The molecule has 1 unspecified atom stereocenters. The summed E-state index contributed by atoms with van der Waals surface area (Å²) >= 11 is 0. The van der Waals surface area contributed by atoms with Crippen molar-refractivity contribution in [3.05, 3.63) is 42.1 Å². The molecule has 0 aliphatic carbocycles. The maximum absolute atomic E-state index is 11.3. The molecule has 0 spiro atoms. The van der Waals surface area contributed by atoms with Crippen molar-refractivity contribution in [1.29, 1.82) is 0 Å². The van der Waals surface area contributed by atoms with Gasteiger partial charge in [0.05, 0.1) is 5.52 Å². The van der Waals surface area contributed by atoms with Crippen LogP contribution >= 0.6 is 12.4 Å². The van der Waals surface area contributed by atoms with E-state index in [9.17, 15) is 4.79 Å². The van der Waals surface area contributed by atoms with Crippen molar-refractivity contribution >= 4 is 29.1 Å². The number of hydrogen-bond acceptors (Lipinski definition) is 3. The van der Waals surface area contributed by atoms with Crippen LogP contribution in [0.3, 0.4) is 0 Å². The Balaban J connectivity index is 0.00000162. The number of ketones is 1. The summed E-state index contributed by atoms with van der Waals surface area (Å²) in [6, 6.07) is 12.0. The number of nitrogens with two attached hydrogens (primary N) is 1. The fourth-order valence-electron chi connectivity index (χ4n) is 1.87. The molecule has 0 saturated heterocycles. The summed E-state index contributed by atoms with van der Waals surface area (Å²) in [6.07, 6.45) is 0.622. The van der Waals surface area contributed by atoms with E-state index >= 15 is 0 Å². The normalized spacial score (nSPS) is 11.9. The van der Waals surface area contributed by atoms with Crippen LogP contribution in [0.5, 0.6) is 0 Å². The minimum atomic E-state index is -0.122. The zero-order valence-corrected chi connectivity index (χ0v) is 11.1. The molecule has 18 heavy (non-hydrogen) atoms. The van der Waals surface area contributed by atoms with Crippen molar-refractivity contribution in [1.82, 2.24) is 4.98 Å². The second-order valence-corrected chi connectivity index (χ2v) is 4.24. The predicted octanol–water partition coefficient (Wildman–Crippen LogP) is 2.36. The summed E-state index contributed by atoms with van der Waals surface area (Å²) < 4.78 is 0. The van der Waals surface area contributed by atoms with Gasteiger partial charge < -0.3 is 5.73 Å². The molecule has 0 bridgehead atoms. The highest BCUT2D eigenvalue weighted by atomic mass is 35.5. The topological polar surface area (TPSA) is 56.0 Å². The minimum absolute atomic E-state index is 0. The van der Waals surface area contributed by atoms with E-state index in [2.05, 4.69) is 4.98 Å². The number of Topliss-reactive ketones (excluding diaryl/α,β-unsaturated/α-hetero) is 1. The zero-order chi connectivity index (χ0) is 12.3. The van der Waals surface area contributed by atoms with Crippen LogP contribution in [-0.4, -0.2) is 17.3 Å². The smallest absolute Gasteiger partial charge is 0.134 e. The molecule has 0 amide bonds. The summed E-state index contributed by atoms with van der Waals surface area (Å²) in [6.45, 7) is 1.96. The van der Waals surface area contributed by atoms with Crippen LogP contribution in [0.2, 0.25) is 0 Å². The van der Waals surface area contributed by atoms with Gasteiger partial charge in [0.1, 0.15) is 5.78 Å². The van der Waals surface area contributed by atoms with E-state index < -0.39 is 0 Å². The highest BCUT2D eigenvalue weighted by Gasteiger charge is 2.13. The second-order valence-electron chi connectivity index (χ2n) is 4.24. The number of hydrogen-bond donors (Lipinski definition) is 1. The molecule has 3 nitrogen and oxygen atoms in total. The second kappa shape index (κ2) is 6.47. The third kappa shape index (κ3) is 3.28. The van der Waals surface area contributed by atoms with Gasteiger partial charge in [-0.25, -0.2) is 0 Å². The highest BCUT2D eigenvalue weighted by Crippen LogP contribution is 2.14. The number of nitrogens with zero attached hydrogens (tertiary/aromatic N) is 1. The van der Waals surface area contributed by atoms with Crippen LogP contribution in [0, 0.1) is 5.92 Å². The van der Waals surface area contributed by atoms with Crippen LogP contribution in [0.25, 0.3) is 10.9 Å². The van der Waals surface area contributed by atoms with Gasteiger partial charge in [-0.3, -0.25) is 9.78 Å². The Morgan fingerprint density at radius 1 is 1.28 bits per heavy atom. The number of fused-ring (bicyclic) bond motifs is 1. The van der Waals surface area contributed by atoms with Crippen molar-refractivity contribution in [2.45, 2.75) is 13.3 Å². The van der Waals surface area contributed by atoms with Crippen molar-refractivity contribution in [2.75, 3.05) is 6.54 Å². The summed E-state index contributed by atoms with van der Waals surface area (Å²) in [5.41, 5.74) is 7.47. The van der Waals surface area contributed by atoms with E-state index in [4.69, 9.17) is 5.73 Å². The third-order valence-electron chi connectivity index (χ3n) is 2.97. The summed E-state index contributed by atoms with van der Waals surface area (Å²) in [4.78, 5) is 15.9. The number of benzene rings is 1. The van der Waals surface area contributed by atoms with Crippen molar-refractivity contribution in [2.24, 2.45) is 11.7 Å². The van der Waals surface area contributed by atoms with Crippen LogP contribution in [-0.2, 0) is 11.2 Å². The van der Waals surface area contributed by atoms with Crippen molar-refractivity contribution in [3.8, 4) is 0 Å². The Hall–Kier alpha value is -1.45. The molecule has 1 aromatic heterocycles. The average molecular weight is 265 g/mol. The van der Waals surface area contributed by atoms with Gasteiger partial charge in [-0.1, -0.05) is 24.3 Å². The molecular formula is C14H17ClN2O. The Morgan fingerprint density at radius 3 is 2.67 bits per heavy atom. The van der Waals surface area contributed by atoms with Gasteiger partial charge in [0.2, 0.25) is 0 Å². The van der Waals surface area contributed by atoms with E-state index in [1.165, 1.54) is 0 Å². The Labute approximate surface area is 113 Å². The van der Waals surface area contributed by atoms with Crippen LogP contribution in [0.4, 0.5) is 0 Å². The number of carbonyl (C=O) groups is 1. The summed E-state index contributed by atoms with van der Waals surface area (Å²) in [7, 11) is 0. The maximum Gasteiger partial charge on any atom is 0.134 e. The van der Waals surface area contributed by atoms with Gasteiger partial charge in [0.25, 0.3) is 0 Å². The number of halogens is 1. The fraction of sp³-hybridized carbons (Fsp3) is 0.286. The Bertz CT molecular complexity index is 542. The fourth-order valence-corrected chi connectivity index (χ4v) is 1.87. The molecule has 0 aliphatic rings. The quantitative estimate of drug-likeness (QED) is 0.922. The summed E-state index contributed by atoms with van der Waals surface area (Å²) in [5.74, 6) is 0.00567. The number of aromatic nitrogens is 1. The first-order valence-corrected chi connectivity index (χ1v) is 5.76. The molecular weight excluding hydrogens is 248 g/mol. The third-order valence-corrected chi connectivity index (χ3v) is 2.97. The van der Waals surface area contributed by atoms with Crippen LogP contribution in [0.1, 0.15) is 12.6 Å². The van der Waals surface area contributed by atoms with E-state index in [1.54, 1.807) is 6.92 Å². The lowest BCUT2D eigenvalue weighted by atomic mass is 9.99. The van der Waals surface area contributed by atoms with Gasteiger partial charge in [-0.2, -0.15) is 0 Å². The molecule has 1 aromatic carbocycles. The number of carbonyl (C=O) groups excluding carboxylic acids is 1. The van der Waals surface area contributed by atoms with Crippen molar-refractivity contribution in [3.63, 3.8) is 0 Å². The van der Waals surface area contributed by atoms with Gasteiger partial charge in [0, 0.05) is 30.0 Å². The average Bonchev–Trinajstić information content (AvgIpc) is 2.35. The van der Waals surface area contributed by atoms with Crippen LogP contribution in [0.15, 0.2) is 36.4 Å². The molecule has 0 aliphatic heterocycles. The molecule has 0 radical (unpaired) electrons. The van der Waals surface area contributed by atoms with Gasteiger partial charge in [-0.15, -0.1) is 12.4 Å². The Morgan fingerprint density at radius 2 is 2.00 bits per heavy atom. The highest BCUT2D eigenvalue weighted by molar-refractivity contribution is 5.85. The standard InChI is InChI=1S/C14H16N2O.ClH/c1-10(17)12(9-15)8-13-7-6-11-4-2-3-5-14(11)16-13;/h2-7,12H,8-9,15H2,1H3;1H. The molecule has 96 valence electrons. The lowest BCUT2D eigenvalue weighted by Crippen LogP contribution is -2.24. The number of pyridine rings is 1. The maximum atomic E-state index is 11.3. The van der Waals surface area contributed by atoms with Gasteiger partial charge >= 0.3 is 0 Å². The molecule has 2 aromatic rings. The van der Waals surface area contributed by atoms with E-state index in [0.29, 0.717) is 13.0 Å². The van der Waals surface area contributed by atoms with E-state index in [0.717, 1.165) is 16.6 Å². The lowest BCUT2D eigenvalue weighted by Gasteiger charge is -2.10. The minimum Gasteiger partial charge on any atom is -0.330 e. The molecule has 1 atom stereocenters. The van der Waals surface area contributed by atoms with Gasteiger partial charge in [0.15, 0.2) is 0 Å². The molecule has 0 saturated carbocycles. The van der Waals surface area contributed by atoms with Crippen molar-refractivity contribution < 1.29 is 4.79 Å². The SMILES string of the molecule is CC(=O)C(CN)Cc1ccc2ccccc2n1.Cl. The molecule has 2 rings (SSSR count). The van der Waals surface area contributed by atoms with E-state index in [1.807, 2.05) is 36.4 Å². The first-order chi connectivity index (χ1) is 8.20. The number of para-hydroxylation sites is 1. The largest absolute Gasteiger partial charge is 0.330 e. The van der Waals surface area contributed by atoms with Gasteiger partial charge in [-0.05, 0) is 19.1 Å². The first-order valence-electron chi connectivity index (χ1n) is 5.76. The van der Waals surface area contributed by atoms with E-state index in [-0.39, 0.29) is 24.1 Å². The Kier molecular flexibility index (Phi) is 5.25.